The highest BCUT2D eigenvalue weighted by atomic mass is 16.5. The number of hydrogen-bond acceptors (Lipinski definition) is 3. The molecule has 3 N–H and O–H groups in total. The van der Waals surface area contributed by atoms with Crippen LogP contribution in [0.15, 0.2) is 54.7 Å². The summed E-state index contributed by atoms with van der Waals surface area (Å²) in [5.74, 6) is -0.00905. The molecule has 6 nitrogen and oxygen atoms in total. The molecule has 1 aliphatic heterocycles. The maximum Gasteiger partial charge on any atom is 0.245 e. The van der Waals surface area contributed by atoms with Crippen molar-refractivity contribution in [3.05, 3.63) is 65.9 Å². The van der Waals surface area contributed by atoms with Gasteiger partial charge in [0.2, 0.25) is 11.8 Å². The third kappa shape index (κ3) is 3.26. The third-order valence-corrected chi connectivity index (χ3v) is 4.60. The molecule has 1 aliphatic rings. The lowest BCUT2D eigenvalue weighted by Gasteiger charge is -2.24. The van der Waals surface area contributed by atoms with Gasteiger partial charge >= 0.3 is 0 Å². The molecule has 0 fully saturated rings. The number of H-pyrrole nitrogens is 1. The van der Waals surface area contributed by atoms with Gasteiger partial charge < -0.3 is 9.72 Å². The zero-order valence-corrected chi connectivity index (χ0v) is 14.1. The van der Waals surface area contributed by atoms with Crippen molar-refractivity contribution in [3.63, 3.8) is 0 Å². The number of benzene rings is 2. The fourth-order valence-electron chi connectivity index (χ4n) is 3.22. The fourth-order valence-corrected chi connectivity index (χ4v) is 3.22. The highest BCUT2D eigenvalue weighted by Crippen LogP contribution is 2.26. The molecule has 0 radical (unpaired) electrons. The molecular weight excluding hydrogens is 330 g/mol. The van der Waals surface area contributed by atoms with Crippen LogP contribution in [0.25, 0.3) is 10.9 Å². The van der Waals surface area contributed by atoms with Gasteiger partial charge in [-0.15, -0.1) is 0 Å². The largest absolute Gasteiger partial charge is 0.492 e. The first kappa shape index (κ1) is 16.2. The lowest BCUT2D eigenvalue weighted by Crippen LogP contribution is -2.47. The number of aromatic nitrogens is 1. The monoisotopic (exact) mass is 349 g/mol. The highest BCUT2D eigenvalue weighted by Gasteiger charge is 2.26. The maximum absolute atomic E-state index is 12.3. The van der Waals surface area contributed by atoms with E-state index in [1.165, 1.54) is 0 Å². The van der Waals surface area contributed by atoms with Gasteiger partial charge in [-0.2, -0.15) is 0 Å². The smallest absolute Gasteiger partial charge is 0.245 e. The Labute approximate surface area is 150 Å². The summed E-state index contributed by atoms with van der Waals surface area (Å²) in [4.78, 5) is 27.6. The van der Waals surface area contributed by atoms with Gasteiger partial charge in [0.05, 0.1) is 12.3 Å². The Bertz CT molecular complexity index is 964. The third-order valence-electron chi connectivity index (χ3n) is 4.60. The van der Waals surface area contributed by atoms with Crippen molar-refractivity contribution >= 4 is 22.7 Å². The van der Waals surface area contributed by atoms with E-state index in [0.717, 1.165) is 27.8 Å². The molecule has 2 heterocycles. The number of hydrazine groups is 1. The lowest BCUT2D eigenvalue weighted by molar-refractivity contribution is -0.131. The molecule has 2 amide bonds. The second kappa shape index (κ2) is 6.92. The van der Waals surface area contributed by atoms with E-state index < -0.39 is 0 Å². The number of carbonyl (C=O) groups excluding carboxylic acids is 2. The number of aromatic amines is 1. The quantitative estimate of drug-likeness (QED) is 0.633. The Balaban J connectivity index is 1.32. The molecule has 2 aromatic carbocycles. The van der Waals surface area contributed by atoms with Crippen LogP contribution in [-0.2, 0) is 22.4 Å². The van der Waals surface area contributed by atoms with E-state index in [-0.39, 0.29) is 24.2 Å². The van der Waals surface area contributed by atoms with Gasteiger partial charge in [-0.3, -0.25) is 20.4 Å². The normalized spacial score (nSPS) is 15.8. The van der Waals surface area contributed by atoms with Crippen LogP contribution in [0.5, 0.6) is 5.75 Å². The first-order chi connectivity index (χ1) is 12.7. The molecule has 0 aliphatic carbocycles. The predicted octanol–water partition coefficient (Wildman–Crippen LogP) is 2.11. The van der Waals surface area contributed by atoms with E-state index in [1.54, 1.807) is 0 Å². The number of amides is 2. The molecular formula is C20H19N3O3. The minimum atomic E-state index is -0.321. The zero-order chi connectivity index (χ0) is 17.9. The van der Waals surface area contributed by atoms with Gasteiger partial charge in [-0.25, -0.2) is 0 Å². The van der Waals surface area contributed by atoms with Gasteiger partial charge in [0, 0.05) is 17.1 Å². The SMILES string of the molecule is O=C(Cc1c[nH]c2ccccc12)NNC(=O)C1COc2ccccc2C1. The van der Waals surface area contributed by atoms with E-state index in [0.29, 0.717) is 13.0 Å². The summed E-state index contributed by atoms with van der Waals surface area (Å²) in [5.41, 5.74) is 7.89. The van der Waals surface area contributed by atoms with E-state index in [9.17, 15) is 9.59 Å². The molecule has 1 unspecified atom stereocenters. The molecule has 1 aromatic heterocycles. The Morgan fingerprint density at radius 3 is 2.81 bits per heavy atom. The number of hydrogen-bond donors (Lipinski definition) is 3. The van der Waals surface area contributed by atoms with E-state index in [4.69, 9.17) is 4.74 Å². The van der Waals surface area contributed by atoms with Gasteiger partial charge in [-0.05, 0) is 29.7 Å². The van der Waals surface area contributed by atoms with Crippen LogP contribution in [0.4, 0.5) is 0 Å². The summed E-state index contributed by atoms with van der Waals surface area (Å²) in [6.45, 7) is 0.307. The fraction of sp³-hybridized carbons (Fsp3) is 0.200. The molecule has 0 saturated carbocycles. The van der Waals surface area contributed by atoms with Crippen LogP contribution in [0.2, 0.25) is 0 Å². The average molecular weight is 349 g/mol. The Hall–Kier alpha value is -3.28. The van der Waals surface area contributed by atoms with Crippen molar-refractivity contribution in [1.82, 2.24) is 15.8 Å². The number of fused-ring (bicyclic) bond motifs is 2. The number of para-hydroxylation sites is 2. The predicted molar refractivity (Wildman–Crippen MR) is 97.4 cm³/mol. The van der Waals surface area contributed by atoms with Crippen LogP contribution in [-0.4, -0.2) is 23.4 Å². The van der Waals surface area contributed by atoms with Crippen molar-refractivity contribution in [2.45, 2.75) is 12.8 Å². The van der Waals surface area contributed by atoms with E-state index in [1.807, 2.05) is 54.7 Å². The number of carbonyl (C=O) groups is 2. The minimum Gasteiger partial charge on any atom is -0.492 e. The molecule has 0 saturated heterocycles. The standard InChI is InChI=1S/C20H19N3O3/c24-19(10-14-11-21-17-7-3-2-6-16(14)17)22-23-20(25)15-9-13-5-1-4-8-18(13)26-12-15/h1-8,11,15,21H,9-10,12H2,(H,22,24)(H,23,25). The minimum absolute atomic E-state index is 0.189. The summed E-state index contributed by atoms with van der Waals surface area (Å²) >= 11 is 0. The summed E-state index contributed by atoms with van der Waals surface area (Å²) < 4.78 is 5.62. The molecule has 1 atom stereocenters. The lowest BCUT2D eigenvalue weighted by atomic mass is 9.96. The second-order valence-electron chi connectivity index (χ2n) is 6.39. The molecule has 3 aromatic rings. The zero-order valence-electron chi connectivity index (χ0n) is 14.1. The van der Waals surface area contributed by atoms with Crippen molar-refractivity contribution < 1.29 is 14.3 Å². The molecule has 6 heteroatoms. The van der Waals surface area contributed by atoms with Crippen LogP contribution < -0.4 is 15.6 Å². The summed E-state index contributed by atoms with van der Waals surface area (Å²) in [5, 5.41) is 1.01. The maximum atomic E-state index is 12.3. The topological polar surface area (TPSA) is 83.2 Å². The van der Waals surface area contributed by atoms with Crippen LogP contribution in [0, 0.1) is 5.92 Å². The van der Waals surface area contributed by atoms with Crippen LogP contribution >= 0.6 is 0 Å². The highest BCUT2D eigenvalue weighted by molar-refractivity contribution is 5.90. The van der Waals surface area contributed by atoms with Crippen molar-refractivity contribution in [2.24, 2.45) is 5.92 Å². The molecule has 0 bridgehead atoms. The van der Waals surface area contributed by atoms with Gasteiger partial charge in [0.15, 0.2) is 0 Å². The molecule has 4 rings (SSSR count). The van der Waals surface area contributed by atoms with E-state index in [2.05, 4.69) is 15.8 Å². The van der Waals surface area contributed by atoms with Gasteiger partial charge in [0.1, 0.15) is 12.4 Å². The number of nitrogens with one attached hydrogen (secondary N) is 3. The Morgan fingerprint density at radius 1 is 1.08 bits per heavy atom. The van der Waals surface area contributed by atoms with Gasteiger partial charge in [0.25, 0.3) is 0 Å². The van der Waals surface area contributed by atoms with Crippen LogP contribution in [0.1, 0.15) is 11.1 Å². The van der Waals surface area contributed by atoms with Crippen molar-refractivity contribution in [1.29, 1.82) is 0 Å². The van der Waals surface area contributed by atoms with Crippen molar-refractivity contribution in [3.8, 4) is 5.75 Å². The number of rotatable bonds is 3. The molecule has 0 spiro atoms. The second-order valence-corrected chi connectivity index (χ2v) is 6.39. The Morgan fingerprint density at radius 2 is 1.88 bits per heavy atom. The summed E-state index contributed by atoms with van der Waals surface area (Å²) in [6.07, 6.45) is 2.60. The summed E-state index contributed by atoms with van der Waals surface area (Å²) in [7, 11) is 0. The van der Waals surface area contributed by atoms with Crippen LogP contribution in [0.3, 0.4) is 0 Å². The first-order valence-corrected chi connectivity index (χ1v) is 8.55. The molecule has 132 valence electrons. The van der Waals surface area contributed by atoms with Gasteiger partial charge in [-0.1, -0.05) is 36.4 Å². The average Bonchev–Trinajstić information content (AvgIpc) is 3.08. The first-order valence-electron chi connectivity index (χ1n) is 8.55. The Kier molecular flexibility index (Phi) is 4.31. The van der Waals surface area contributed by atoms with E-state index >= 15 is 0 Å². The molecule has 26 heavy (non-hydrogen) atoms. The van der Waals surface area contributed by atoms with Crippen molar-refractivity contribution in [2.75, 3.05) is 6.61 Å². The number of ether oxygens (including phenoxy) is 1. The summed E-state index contributed by atoms with van der Waals surface area (Å²) in [6, 6.07) is 15.5.